The molecule has 0 spiro atoms. The maximum absolute atomic E-state index is 8.97. The van der Waals surface area contributed by atoms with Gasteiger partial charge in [0.15, 0.2) is 0 Å². The summed E-state index contributed by atoms with van der Waals surface area (Å²) in [5.74, 6) is 0.652. The molecule has 0 atom stereocenters. The van der Waals surface area contributed by atoms with Crippen LogP contribution in [-0.4, -0.2) is 21.6 Å². The summed E-state index contributed by atoms with van der Waals surface area (Å²) in [6.45, 7) is 3.90. The number of nitrogens with zero attached hydrogens (tertiary/aromatic N) is 2. The van der Waals surface area contributed by atoms with Gasteiger partial charge in [0.25, 0.3) is 0 Å². The minimum absolute atomic E-state index is 0.0240. The van der Waals surface area contributed by atoms with Gasteiger partial charge in [-0.2, -0.15) is 0 Å². The van der Waals surface area contributed by atoms with Crippen molar-refractivity contribution in [2.24, 2.45) is 0 Å². The Kier molecular flexibility index (Phi) is 5.46. The summed E-state index contributed by atoms with van der Waals surface area (Å²) in [6.07, 6.45) is 4.62. The molecule has 5 nitrogen and oxygen atoms in total. The fraction of sp³-hybridized carbons (Fsp3) is 0.333. The lowest BCUT2D eigenvalue weighted by molar-refractivity contribution is 0.281. The van der Waals surface area contributed by atoms with E-state index < -0.39 is 0 Å². The molecule has 0 bridgehead atoms. The molecule has 0 aliphatic rings. The number of rotatable bonds is 7. The summed E-state index contributed by atoms with van der Waals surface area (Å²) in [4.78, 5) is 8.35. The third-order valence-electron chi connectivity index (χ3n) is 2.75. The summed E-state index contributed by atoms with van der Waals surface area (Å²) in [5.41, 5.74) is 1.87. The summed E-state index contributed by atoms with van der Waals surface area (Å²) >= 11 is 0. The lowest BCUT2D eigenvalue weighted by Gasteiger charge is -2.06. The number of ether oxygens (including phenoxy) is 1. The fourth-order valence-corrected chi connectivity index (χ4v) is 1.66. The maximum Gasteiger partial charge on any atom is 0.321 e. The Hall–Kier alpha value is -1.98. The molecule has 0 aliphatic heterocycles. The van der Waals surface area contributed by atoms with Crippen LogP contribution < -0.4 is 10.1 Å². The molecule has 0 saturated heterocycles. The zero-order chi connectivity index (χ0) is 14.2. The second-order valence-corrected chi connectivity index (χ2v) is 4.45. The van der Waals surface area contributed by atoms with Gasteiger partial charge in [0.2, 0.25) is 0 Å². The van der Waals surface area contributed by atoms with Gasteiger partial charge in [0.1, 0.15) is 5.75 Å². The normalized spacial score (nSPS) is 10.5. The van der Waals surface area contributed by atoms with Crippen molar-refractivity contribution in [3.63, 3.8) is 0 Å². The molecule has 2 aromatic rings. The molecular formula is C15H19N3O2. The number of hydrogen-bond donors (Lipinski definition) is 2. The van der Waals surface area contributed by atoms with E-state index in [0.29, 0.717) is 11.8 Å². The van der Waals surface area contributed by atoms with E-state index >= 15 is 0 Å². The molecule has 1 aromatic carbocycles. The van der Waals surface area contributed by atoms with Crippen LogP contribution in [-0.2, 0) is 13.2 Å². The van der Waals surface area contributed by atoms with Gasteiger partial charge < -0.3 is 15.2 Å². The molecule has 1 aromatic heterocycles. The van der Waals surface area contributed by atoms with Gasteiger partial charge in [0.05, 0.1) is 6.61 Å². The first kappa shape index (κ1) is 14.4. The molecule has 0 fully saturated rings. The Balaban J connectivity index is 1.92. The Morgan fingerprint density at radius 3 is 2.40 bits per heavy atom. The van der Waals surface area contributed by atoms with Crippen molar-refractivity contribution in [3.8, 4) is 11.8 Å². The van der Waals surface area contributed by atoms with Crippen LogP contribution in [0.5, 0.6) is 11.8 Å². The average molecular weight is 273 g/mol. The summed E-state index contributed by atoms with van der Waals surface area (Å²) in [5, 5.41) is 12.3. The topological polar surface area (TPSA) is 67.3 Å². The van der Waals surface area contributed by atoms with Gasteiger partial charge in [-0.05, 0) is 30.7 Å². The highest BCUT2D eigenvalue weighted by molar-refractivity contribution is 5.28. The van der Waals surface area contributed by atoms with Gasteiger partial charge in [-0.1, -0.05) is 19.1 Å². The van der Waals surface area contributed by atoms with E-state index in [1.165, 1.54) is 0 Å². The first-order valence-corrected chi connectivity index (χ1v) is 6.71. The summed E-state index contributed by atoms with van der Waals surface area (Å²) < 4.78 is 5.53. The highest BCUT2D eigenvalue weighted by Crippen LogP contribution is 2.17. The van der Waals surface area contributed by atoms with E-state index in [-0.39, 0.29) is 6.61 Å². The van der Waals surface area contributed by atoms with Crippen molar-refractivity contribution in [3.05, 3.63) is 47.8 Å². The molecule has 0 aliphatic carbocycles. The van der Waals surface area contributed by atoms with Crippen LogP contribution in [0.15, 0.2) is 36.7 Å². The van der Waals surface area contributed by atoms with Gasteiger partial charge in [-0.3, -0.25) is 0 Å². The molecule has 0 radical (unpaired) electrons. The molecule has 5 heteroatoms. The number of aromatic nitrogens is 2. The van der Waals surface area contributed by atoms with Gasteiger partial charge >= 0.3 is 6.01 Å². The van der Waals surface area contributed by atoms with Crippen LogP contribution in [0.4, 0.5) is 0 Å². The van der Waals surface area contributed by atoms with E-state index in [2.05, 4.69) is 22.2 Å². The molecule has 1 heterocycles. The van der Waals surface area contributed by atoms with Crippen molar-refractivity contribution >= 4 is 0 Å². The number of benzene rings is 1. The van der Waals surface area contributed by atoms with Crippen LogP contribution in [0.2, 0.25) is 0 Å². The van der Waals surface area contributed by atoms with E-state index in [1.807, 2.05) is 0 Å². The molecule has 0 unspecified atom stereocenters. The van der Waals surface area contributed by atoms with Crippen molar-refractivity contribution in [1.29, 1.82) is 0 Å². The Labute approximate surface area is 118 Å². The van der Waals surface area contributed by atoms with E-state index in [1.54, 1.807) is 36.7 Å². The zero-order valence-corrected chi connectivity index (χ0v) is 11.5. The number of hydrogen-bond acceptors (Lipinski definition) is 5. The second-order valence-electron chi connectivity index (χ2n) is 4.45. The zero-order valence-electron chi connectivity index (χ0n) is 11.5. The Morgan fingerprint density at radius 1 is 1.10 bits per heavy atom. The molecule has 0 saturated carbocycles. The highest BCUT2D eigenvalue weighted by atomic mass is 16.5. The first-order valence-electron chi connectivity index (χ1n) is 6.71. The molecule has 106 valence electrons. The molecule has 0 amide bonds. The third kappa shape index (κ3) is 4.29. The molecular weight excluding hydrogens is 254 g/mol. The van der Waals surface area contributed by atoms with Crippen LogP contribution in [0.1, 0.15) is 24.5 Å². The van der Waals surface area contributed by atoms with Crippen LogP contribution in [0.3, 0.4) is 0 Å². The predicted octanol–water partition coefficient (Wildman–Crippen LogP) is 2.26. The highest BCUT2D eigenvalue weighted by Gasteiger charge is 2.01. The predicted molar refractivity (Wildman–Crippen MR) is 76.5 cm³/mol. The van der Waals surface area contributed by atoms with Crippen molar-refractivity contribution in [2.45, 2.75) is 26.5 Å². The number of aliphatic hydroxyl groups excluding tert-OH is 1. The van der Waals surface area contributed by atoms with Crippen LogP contribution in [0.25, 0.3) is 0 Å². The fourth-order valence-electron chi connectivity index (χ4n) is 1.66. The standard InChI is InChI=1S/C15H19N3O2/c1-2-7-16-8-13-9-17-15(18-10-13)20-14-5-3-12(11-19)4-6-14/h3-6,9-10,16,19H,2,7-8,11H2,1H3. The lowest BCUT2D eigenvalue weighted by atomic mass is 10.2. The maximum atomic E-state index is 8.97. The summed E-state index contributed by atoms with van der Waals surface area (Å²) in [6, 6.07) is 7.49. The molecule has 2 rings (SSSR count). The van der Waals surface area contributed by atoms with Gasteiger partial charge in [-0.25, -0.2) is 9.97 Å². The SMILES string of the molecule is CCCNCc1cnc(Oc2ccc(CO)cc2)nc1. The largest absolute Gasteiger partial charge is 0.424 e. The van der Waals surface area contributed by atoms with E-state index in [0.717, 1.165) is 30.6 Å². The third-order valence-corrected chi connectivity index (χ3v) is 2.75. The molecule has 20 heavy (non-hydrogen) atoms. The van der Waals surface area contributed by atoms with E-state index in [9.17, 15) is 0 Å². The lowest BCUT2D eigenvalue weighted by Crippen LogP contribution is -2.14. The van der Waals surface area contributed by atoms with Crippen molar-refractivity contribution in [1.82, 2.24) is 15.3 Å². The van der Waals surface area contributed by atoms with E-state index in [4.69, 9.17) is 9.84 Å². The average Bonchev–Trinajstić information content (AvgIpc) is 2.50. The minimum Gasteiger partial charge on any atom is -0.424 e. The van der Waals surface area contributed by atoms with Crippen LogP contribution in [0, 0.1) is 0 Å². The van der Waals surface area contributed by atoms with Crippen molar-refractivity contribution < 1.29 is 9.84 Å². The molecule has 2 N–H and O–H groups in total. The van der Waals surface area contributed by atoms with Crippen molar-refractivity contribution in [2.75, 3.05) is 6.54 Å². The minimum atomic E-state index is 0.0240. The summed E-state index contributed by atoms with van der Waals surface area (Å²) in [7, 11) is 0. The second kappa shape index (κ2) is 7.57. The number of aliphatic hydroxyl groups is 1. The Morgan fingerprint density at radius 2 is 1.80 bits per heavy atom. The van der Waals surface area contributed by atoms with Crippen LogP contribution >= 0.6 is 0 Å². The quantitative estimate of drug-likeness (QED) is 0.757. The first-order chi connectivity index (χ1) is 9.81. The smallest absolute Gasteiger partial charge is 0.321 e. The Bertz CT molecular complexity index is 512. The van der Waals surface area contributed by atoms with Gasteiger partial charge in [-0.15, -0.1) is 0 Å². The van der Waals surface area contributed by atoms with Gasteiger partial charge in [0, 0.05) is 24.5 Å². The monoisotopic (exact) mass is 273 g/mol. The number of nitrogens with one attached hydrogen (secondary N) is 1.